The van der Waals surface area contributed by atoms with Crippen molar-refractivity contribution in [1.82, 2.24) is 0 Å². The van der Waals surface area contributed by atoms with Gasteiger partial charge in [-0.05, 0) is 37.3 Å². The molecule has 2 aliphatic heterocycles. The maximum Gasteiger partial charge on any atom is 0.290 e. The quantitative estimate of drug-likeness (QED) is 0.400. The fourth-order valence-corrected chi connectivity index (χ4v) is 4.00. The van der Waals surface area contributed by atoms with Crippen LogP contribution in [-0.4, -0.2) is 28.2 Å². The van der Waals surface area contributed by atoms with Gasteiger partial charge in [-0.2, -0.15) is 0 Å². The average molecular weight is 448 g/mol. The minimum absolute atomic E-state index is 0. The second kappa shape index (κ2) is 7.94. The monoisotopic (exact) mass is 447 g/mol. The van der Waals surface area contributed by atoms with E-state index in [1.54, 1.807) is 6.07 Å². The Labute approximate surface area is 176 Å². The molecule has 2 aromatic carbocycles. The van der Waals surface area contributed by atoms with E-state index in [9.17, 15) is 20.3 Å². The van der Waals surface area contributed by atoms with Gasteiger partial charge in [-0.25, -0.2) is 0 Å². The molecule has 0 bridgehead atoms. The standard InChI is InChI=1S/C18H17ClN4O4.Co/c19-12-8-16(24)13(9-15(12)23(26)27)20-21-14-7-10-3-1-5-22-6-2-4-11(17(10)22)18(14)25;/h7-9,24-25H,1-6H2;. The Kier molecular flexibility index (Phi) is 5.78. The molecular formula is C18H17ClCoN4O4. The molecule has 28 heavy (non-hydrogen) atoms. The number of azo groups is 1. The van der Waals surface area contributed by atoms with E-state index in [-0.39, 0.29) is 44.7 Å². The van der Waals surface area contributed by atoms with Crippen LogP contribution in [0.2, 0.25) is 5.02 Å². The predicted molar refractivity (Wildman–Crippen MR) is 101 cm³/mol. The summed E-state index contributed by atoms with van der Waals surface area (Å²) in [5.41, 5.74) is 2.94. The molecule has 4 rings (SSSR count). The van der Waals surface area contributed by atoms with Crippen LogP contribution >= 0.6 is 11.6 Å². The first kappa shape index (κ1) is 20.4. The van der Waals surface area contributed by atoms with E-state index in [1.807, 2.05) is 0 Å². The van der Waals surface area contributed by atoms with Gasteiger partial charge in [0, 0.05) is 53.3 Å². The summed E-state index contributed by atoms with van der Waals surface area (Å²) in [5, 5.41) is 39.4. The van der Waals surface area contributed by atoms with Gasteiger partial charge in [-0.3, -0.25) is 10.1 Å². The third-order valence-corrected chi connectivity index (χ3v) is 5.28. The molecule has 0 unspecified atom stereocenters. The van der Waals surface area contributed by atoms with Gasteiger partial charge in [0.25, 0.3) is 5.69 Å². The molecule has 2 heterocycles. The second-order valence-electron chi connectivity index (χ2n) is 6.67. The maximum atomic E-state index is 11.0. The number of benzene rings is 2. The van der Waals surface area contributed by atoms with E-state index in [2.05, 4.69) is 15.1 Å². The summed E-state index contributed by atoms with van der Waals surface area (Å²) in [4.78, 5) is 12.7. The van der Waals surface area contributed by atoms with Gasteiger partial charge in [-0.15, -0.1) is 10.2 Å². The molecule has 8 nitrogen and oxygen atoms in total. The molecule has 1 radical (unpaired) electrons. The van der Waals surface area contributed by atoms with E-state index in [0.717, 1.165) is 67.7 Å². The minimum atomic E-state index is -0.657. The summed E-state index contributed by atoms with van der Waals surface area (Å²) in [6.45, 7) is 1.98. The van der Waals surface area contributed by atoms with Gasteiger partial charge in [0.1, 0.15) is 27.9 Å². The largest absolute Gasteiger partial charge is 0.506 e. The molecule has 149 valence electrons. The Bertz CT molecular complexity index is 981. The summed E-state index contributed by atoms with van der Waals surface area (Å²) < 4.78 is 0. The number of nitro benzene ring substituents is 1. The first-order valence-electron chi connectivity index (χ1n) is 8.67. The van der Waals surface area contributed by atoms with Crippen molar-refractivity contribution in [2.75, 3.05) is 18.0 Å². The van der Waals surface area contributed by atoms with E-state index in [0.29, 0.717) is 5.69 Å². The van der Waals surface area contributed by atoms with Gasteiger partial charge in [0.2, 0.25) is 0 Å². The minimum Gasteiger partial charge on any atom is -0.506 e. The van der Waals surface area contributed by atoms with Crippen molar-refractivity contribution in [1.29, 1.82) is 0 Å². The number of halogens is 1. The number of aryl methyl sites for hydroxylation is 1. The van der Waals surface area contributed by atoms with Crippen molar-refractivity contribution in [3.63, 3.8) is 0 Å². The third kappa shape index (κ3) is 3.52. The Morgan fingerprint density at radius 1 is 1.07 bits per heavy atom. The van der Waals surface area contributed by atoms with Crippen LogP contribution in [0.25, 0.3) is 0 Å². The molecule has 2 N–H and O–H groups in total. The summed E-state index contributed by atoms with van der Waals surface area (Å²) in [6.07, 6.45) is 3.67. The number of phenols is 2. The van der Waals surface area contributed by atoms with E-state index < -0.39 is 4.92 Å². The van der Waals surface area contributed by atoms with Crippen LogP contribution in [0.5, 0.6) is 11.5 Å². The van der Waals surface area contributed by atoms with Gasteiger partial charge in [0.05, 0.1) is 4.92 Å². The van der Waals surface area contributed by atoms with E-state index in [4.69, 9.17) is 11.6 Å². The van der Waals surface area contributed by atoms with Crippen molar-refractivity contribution in [2.45, 2.75) is 25.7 Å². The smallest absolute Gasteiger partial charge is 0.290 e. The van der Waals surface area contributed by atoms with E-state index >= 15 is 0 Å². The number of hydrogen-bond acceptors (Lipinski definition) is 7. The maximum absolute atomic E-state index is 11.0. The first-order valence-corrected chi connectivity index (χ1v) is 9.05. The molecule has 0 atom stereocenters. The van der Waals surface area contributed by atoms with Gasteiger partial charge < -0.3 is 15.1 Å². The number of anilines is 1. The number of nitrogens with zero attached hydrogens (tertiary/aromatic N) is 4. The summed E-state index contributed by atoms with van der Waals surface area (Å²) >= 11 is 5.76. The molecule has 0 aliphatic carbocycles. The zero-order valence-electron chi connectivity index (χ0n) is 14.7. The van der Waals surface area contributed by atoms with Crippen LogP contribution in [0.15, 0.2) is 28.4 Å². The van der Waals surface area contributed by atoms with Crippen molar-refractivity contribution in [3.8, 4) is 11.5 Å². The van der Waals surface area contributed by atoms with Crippen LogP contribution in [0.1, 0.15) is 24.0 Å². The molecule has 10 heteroatoms. The Morgan fingerprint density at radius 2 is 1.75 bits per heavy atom. The van der Waals surface area contributed by atoms with Crippen LogP contribution in [0.4, 0.5) is 22.7 Å². The van der Waals surface area contributed by atoms with Crippen LogP contribution < -0.4 is 4.90 Å². The third-order valence-electron chi connectivity index (χ3n) is 4.98. The van der Waals surface area contributed by atoms with Crippen molar-refractivity contribution < 1.29 is 31.9 Å². The van der Waals surface area contributed by atoms with E-state index in [1.165, 1.54) is 0 Å². The zero-order chi connectivity index (χ0) is 19.1. The zero-order valence-corrected chi connectivity index (χ0v) is 16.5. The SMILES string of the molecule is O=[N+]([O-])c1cc(N=Nc2cc3c4c(c2O)CCCN4CCC3)c(O)cc1Cl.[Co]. The normalized spacial score (nSPS) is 15.2. The van der Waals surface area contributed by atoms with Crippen molar-refractivity contribution >= 4 is 34.4 Å². The number of phenolic OH excluding ortho intramolecular Hbond substituents is 2. The number of hydrogen-bond donors (Lipinski definition) is 2. The van der Waals surface area contributed by atoms with Crippen molar-refractivity contribution in [2.24, 2.45) is 10.2 Å². The fourth-order valence-electron chi connectivity index (χ4n) is 3.77. The van der Waals surface area contributed by atoms with Crippen LogP contribution in [-0.2, 0) is 29.6 Å². The fraction of sp³-hybridized carbons (Fsp3) is 0.333. The topological polar surface area (TPSA) is 112 Å². The van der Waals surface area contributed by atoms with Gasteiger partial charge >= 0.3 is 0 Å². The molecule has 0 saturated heterocycles. The molecule has 2 aromatic rings. The molecule has 0 spiro atoms. The van der Waals surface area contributed by atoms with Crippen molar-refractivity contribution in [3.05, 3.63) is 44.5 Å². The van der Waals surface area contributed by atoms with Crippen LogP contribution in [0, 0.1) is 10.1 Å². The Hall–Kier alpha value is -2.36. The first-order chi connectivity index (χ1) is 13.0. The number of nitro groups is 1. The van der Waals surface area contributed by atoms with Gasteiger partial charge in [0.15, 0.2) is 0 Å². The molecular weight excluding hydrogens is 431 g/mol. The summed E-state index contributed by atoms with van der Waals surface area (Å²) in [7, 11) is 0. The van der Waals surface area contributed by atoms with Gasteiger partial charge in [-0.1, -0.05) is 11.6 Å². The molecule has 2 aliphatic rings. The second-order valence-corrected chi connectivity index (χ2v) is 7.08. The molecule has 0 aromatic heterocycles. The molecule has 0 amide bonds. The Morgan fingerprint density at radius 3 is 2.46 bits per heavy atom. The predicted octanol–water partition coefficient (Wildman–Crippen LogP) is 4.77. The summed E-state index contributed by atoms with van der Waals surface area (Å²) in [6, 6.07) is 3.92. The summed E-state index contributed by atoms with van der Waals surface area (Å²) in [5.74, 6) is -0.244. The molecule has 0 saturated carbocycles. The Balaban J connectivity index is 0.00000225. The molecule has 0 fully saturated rings. The number of aromatic hydroxyl groups is 2. The number of rotatable bonds is 3. The van der Waals surface area contributed by atoms with Crippen LogP contribution in [0.3, 0.4) is 0 Å². The average Bonchev–Trinajstić information content (AvgIpc) is 2.64.